The van der Waals surface area contributed by atoms with E-state index < -0.39 is 5.97 Å². The maximum Gasteiger partial charge on any atom is 0.303 e. The molecule has 1 aromatic rings. The molecule has 0 spiro atoms. The van der Waals surface area contributed by atoms with Gasteiger partial charge in [0.1, 0.15) is 0 Å². The highest BCUT2D eigenvalue weighted by molar-refractivity contribution is 5.94. The van der Waals surface area contributed by atoms with E-state index in [-0.39, 0.29) is 5.91 Å². The Morgan fingerprint density at radius 2 is 1.83 bits per heavy atom. The van der Waals surface area contributed by atoms with Gasteiger partial charge in [0.05, 0.1) is 0 Å². The van der Waals surface area contributed by atoms with Crippen LogP contribution in [0.1, 0.15) is 48.5 Å². The number of benzene rings is 1. The number of carboxylic acid groups (broad SMARTS) is 1. The molecule has 0 unspecified atom stereocenters. The molecule has 4 heteroatoms. The molecule has 1 aromatic carbocycles. The third-order valence-corrected chi connectivity index (χ3v) is 2.40. The van der Waals surface area contributed by atoms with Crippen molar-refractivity contribution in [2.45, 2.75) is 39.5 Å². The summed E-state index contributed by atoms with van der Waals surface area (Å²) in [6.07, 6.45) is 3.28. The largest absolute Gasteiger partial charge is 0.481 e. The van der Waals surface area contributed by atoms with E-state index in [0.29, 0.717) is 12.0 Å². The minimum absolute atomic E-state index is 0.327. The van der Waals surface area contributed by atoms with E-state index >= 15 is 0 Å². The summed E-state index contributed by atoms with van der Waals surface area (Å²) in [7, 11) is 0. The number of amides is 1. The zero-order valence-electron chi connectivity index (χ0n) is 11.0. The summed E-state index contributed by atoms with van der Waals surface area (Å²) in [5.74, 6) is -1.04. The highest BCUT2D eigenvalue weighted by Crippen LogP contribution is 2.04. The zero-order valence-corrected chi connectivity index (χ0v) is 11.0. The van der Waals surface area contributed by atoms with Gasteiger partial charge in [0.15, 0.2) is 0 Å². The van der Waals surface area contributed by atoms with E-state index in [2.05, 4.69) is 6.92 Å². The van der Waals surface area contributed by atoms with Gasteiger partial charge in [0.25, 0.3) is 0 Å². The van der Waals surface area contributed by atoms with E-state index in [9.17, 15) is 9.59 Å². The molecule has 18 heavy (non-hydrogen) atoms. The van der Waals surface area contributed by atoms with Crippen molar-refractivity contribution >= 4 is 11.9 Å². The third-order valence-electron chi connectivity index (χ3n) is 2.40. The summed E-state index contributed by atoms with van der Waals surface area (Å²) in [6, 6.07) is 7.26. The Morgan fingerprint density at radius 3 is 2.22 bits per heavy atom. The molecule has 0 saturated carbocycles. The lowest BCUT2D eigenvalue weighted by Crippen LogP contribution is -2.12. The Kier molecular flexibility index (Phi) is 8.27. The number of carboxylic acids is 1. The molecule has 3 N–H and O–H groups in total. The normalized spacial score (nSPS) is 9.22. The van der Waals surface area contributed by atoms with Crippen LogP contribution in [0.25, 0.3) is 0 Å². The first kappa shape index (κ1) is 16.2. The van der Waals surface area contributed by atoms with E-state index in [0.717, 1.165) is 24.8 Å². The van der Waals surface area contributed by atoms with Gasteiger partial charge in [0, 0.05) is 12.0 Å². The topological polar surface area (TPSA) is 80.4 Å². The van der Waals surface area contributed by atoms with E-state index in [1.54, 1.807) is 12.1 Å². The smallest absolute Gasteiger partial charge is 0.303 e. The van der Waals surface area contributed by atoms with Crippen LogP contribution in [0.4, 0.5) is 0 Å². The van der Waals surface area contributed by atoms with Crippen molar-refractivity contribution in [1.82, 2.24) is 0 Å². The maximum absolute atomic E-state index is 10.6. The Hall–Kier alpha value is -1.84. The summed E-state index contributed by atoms with van der Waals surface area (Å²) in [5.41, 5.74) is 6.60. The second kappa shape index (κ2) is 9.22. The number of hydrogen-bond acceptors (Lipinski definition) is 2. The molecule has 0 aliphatic rings. The highest BCUT2D eigenvalue weighted by Gasteiger charge is 2.00. The van der Waals surface area contributed by atoms with Crippen LogP contribution in [0.5, 0.6) is 0 Å². The van der Waals surface area contributed by atoms with E-state index in [1.165, 1.54) is 0 Å². The predicted molar refractivity (Wildman–Crippen MR) is 71.5 cm³/mol. The van der Waals surface area contributed by atoms with Crippen LogP contribution < -0.4 is 5.73 Å². The summed E-state index contributed by atoms with van der Waals surface area (Å²) in [5, 5.41) is 8.14. The van der Waals surface area contributed by atoms with E-state index in [4.69, 9.17) is 10.8 Å². The second-order valence-corrected chi connectivity index (χ2v) is 4.03. The predicted octanol–water partition coefficient (Wildman–Crippen LogP) is 2.75. The molecule has 0 fully saturated rings. The SMILES string of the molecule is CCCCCC(=O)O.Cc1ccccc1C(N)=O. The van der Waals surface area contributed by atoms with Crippen molar-refractivity contribution < 1.29 is 14.7 Å². The monoisotopic (exact) mass is 251 g/mol. The lowest BCUT2D eigenvalue weighted by atomic mass is 10.1. The fraction of sp³-hybridized carbons (Fsp3) is 0.429. The molecule has 4 nitrogen and oxygen atoms in total. The molecule has 1 rings (SSSR count). The van der Waals surface area contributed by atoms with Crippen molar-refractivity contribution in [2.24, 2.45) is 5.73 Å². The maximum atomic E-state index is 10.6. The number of carbonyl (C=O) groups excluding carboxylic acids is 1. The lowest BCUT2D eigenvalue weighted by molar-refractivity contribution is -0.137. The van der Waals surface area contributed by atoms with Crippen molar-refractivity contribution in [3.63, 3.8) is 0 Å². The molecule has 0 saturated heterocycles. The second-order valence-electron chi connectivity index (χ2n) is 4.03. The summed E-state index contributed by atoms with van der Waals surface area (Å²) in [4.78, 5) is 20.5. The number of primary amides is 1. The Labute approximate surface area is 108 Å². The molecule has 0 radical (unpaired) electrons. The average Bonchev–Trinajstić information content (AvgIpc) is 2.30. The van der Waals surface area contributed by atoms with Gasteiger partial charge in [-0.2, -0.15) is 0 Å². The zero-order chi connectivity index (χ0) is 14.0. The Morgan fingerprint density at radius 1 is 1.22 bits per heavy atom. The van der Waals surface area contributed by atoms with Gasteiger partial charge in [-0.05, 0) is 25.0 Å². The van der Waals surface area contributed by atoms with Crippen LogP contribution in [-0.4, -0.2) is 17.0 Å². The van der Waals surface area contributed by atoms with Crippen molar-refractivity contribution in [3.8, 4) is 0 Å². The minimum Gasteiger partial charge on any atom is -0.481 e. The van der Waals surface area contributed by atoms with Gasteiger partial charge in [-0.3, -0.25) is 9.59 Å². The molecular formula is C14H21NO3. The lowest BCUT2D eigenvalue weighted by Gasteiger charge is -1.97. The first-order valence-corrected chi connectivity index (χ1v) is 6.06. The molecule has 0 heterocycles. The fourth-order valence-corrected chi connectivity index (χ4v) is 1.38. The van der Waals surface area contributed by atoms with Crippen molar-refractivity contribution in [2.75, 3.05) is 0 Å². The first-order valence-electron chi connectivity index (χ1n) is 6.06. The van der Waals surface area contributed by atoms with Gasteiger partial charge in [0.2, 0.25) is 5.91 Å². The number of nitrogens with two attached hydrogens (primary N) is 1. The number of rotatable bonds is 5. The molecule has 0 atom stereocenters. The quantitative estimate of drug-likeness (QED) is 0.789. The number of carbonyl (C=O) groups is 2. The minimum atomic E-state index is -0.682. The molecule has 0 aliphatic heterocycles. The van der Waals surface area contributed by atoms with Gasteiger partial charge >= 0.3 is 5.97 Å². The summed E-state index contributed by atoms with van der Waals surface area (Å²) < 4.78 is 0. The van der Waals surface area contributed by atoms with Gasteiger partial charge < -0.3 is 10.8 Å². The van der Waals surface area contributed by atoms with Crippen LogP contribution in [0.15, 0.2) is 24.3 Å². The number of aliphatic carboxylic acids is 1. The molecule has 100 valence electrons. The molecule has 0 aliphatic carbocycles. The fourth-order valence-electron chi connectivity index (χ4n) is 1.38. The standard InChI is InChI=1S/C8H9NO.C6H12O2/c1-6-4-2-3-5-7(6)8(9)10;1-2-3-4-5-6(7)8/h2-5H,1H3,(H2,9,10);2-5H2,1H3,(H,7,8). The highest BCUT2D eigenvalue weighted by atomic mass is 16.4. The molecule has 0 bridgehead atoms. The van der Waals surface area contributed by atoms with Crippen molar-refractivity contribution in [3.05, 3.63) is 35.4 Å². The summed E-state index contributed by atoms with van der Waals surface area (Å²) >= 11 is 0. The summed E-state index contributed by atoms with van der Waals surface area (Å²) in [6.45, 7) is 3.92. The number of hydrogen-bond donors (Lipinski definition) is 2. The van der Waals surface area contributed by atoms with Gasteiger partial charge in [-0.1, -0.05) is 38.0 Å². The van der Waals surface area contributed by atoms with Crippen LogP contribution in [0, 0.1) is 6.92 Å². The Bertz CT molecular complexity index is 388. The Balaban J connectivity index is 0.000000331. The van der Waals surface area contributed by atoms with Crippen LogP contribution >= 0.6 is 0 Å². The molecule has 0 aromatic heterocycles. The van der Waals surface area contributed by atoms with Crippen LogP contribution in [0.3, 0.4) is 0 Å². The van der Waals surface area contributed by atoms with Crippen molar-refractivity contribution in [1.29, 1.82) is 0 Å². The number of unbranched alkanes of at least 4 members (excludes halogenated alkanes) is 2. The van der Waals surface area contributed by atoms with Crippen LogP contribution in [0.2, 0.25) is 0 Å². The number of aryl methyl sites for hydroxylation is 1. The average molecular weight is 251 g/mol. The first-order chi connectivity index (χ1) is 8.49. The molecular weight excluding hydrogens is 230 g/mol. The van der Waals surface area contributed by atoms with Gasteiger partial charge in [-0.25, -0.2) is 0 Å². The van der Waals surface area contributed by atoms with Crippen LogP contribution in [-0.2, 0) is 4.79 Å². The third kappa shape index (κ3) is 7.44. The van der Waals surface area contributed by atoms with E-state index in [1.807, 2.05) is 19.1 Å². The van der Waals surface area contributed by atoms with Gasteiger partial charge in [-0.15, -0.1) is 0 Å². The molecule has 1 amide bonds.